The summed E-state index contributed by atoms with van der Waals surface area (Å²) in [5, 5.41) is 4.49. The lowest BCUT2D eigenvalue weighted by molar-refractivity contribution is 0.234. The molecule has 0 unspecified atom stereocenters. The van der Waals surface area contributed by atoms with Crippen molar-refractivity contribution in [3.8, 4) is 5.88 Å². The summed E-state index contributed by atoms with van der Waals surface area (Å²) in [5.41, 5.74) is 2.90. The summed E-state index contributed by atoms with van der Waals surface area (Å²) in [4.78, 5) is 4.27. The molecule has 0 aliphatic carbocycles. The zero-order valence-corrected chi connectivity index (χ0v) is 12.2. The SMILES string of the molecule is CC(C)Oc1ncccc1NCc1coc2ccccc12. The number of para-hydroxylation sites is 1. The molecule has 0 bridgehead atoms. The van der Waals surface area contributed by atoms with Crippen molar-refractivity contribution in [2.45, 2.75) is 26.5 Å². The zero-order valence-electron chi connectivity index (χ0n) is 12.2. The van der Waals surface area contributed by atoms with Gasteiger partial charge in [0.2, 0.25) is 5.88 Å². The summed E-state index contributed by atoms with van der Waals surface area (Å²) in [6.45, 7) is 4.64. The quantitative estimate of drug-likeness (QED) is 0.761. The van der Waals surface area contributed by atoms with Crippen molar-refractivity contribution in [1.82, 2.24) is 4.98 Å². The number of ether oxygens (including phenoxy) is 1. The fourth-order valence-electron chi connectivity index (χ4n) is 2.20. The van der Waals surface area contributed by atoms with Gasteiger partial charge in [-0.25, -0.2) is 4.98 Å². The topological polar surface area (TPSA) is 47.3 Å². The average molecular weight is 282 g/mol. The molecule has 1 aromatic carbocycles. The number of nitrogens with zero attached hydrogens (tertiary/aromatic N) is 1. The van der Waals surface area contributed by atoms with E-state index in [2.05, 4.69) is 16.4 Å². The van der Waals surface area contributed by atoms with Crippen LogP contribution >= 0.6 is 0 Å². The van der Waals surface area contributed by atoms with Crippen LogP contribution in [0, 0.1) is 0 Å². The van der Waals surface area contributed by atoms with Gasteiger partial charge in [0.25, 0.3) is 0 Å². The highest BCUT2D eigenvalue weighted by Crippen LogP contribution is 2.25. The summed E-state index contributed by atoms with van der Waals surface area (Å²) >= 11 is 0. The van der Waals surface area contributed by atoms with Gasteiger partial charge in [-0.2, -0.15) is 0 Å². The lowest BCUT2D eigenvalue weighted by atomic mass is 10.2. The number of furan rings is 1. The van der Waals surface area contributed by atoms with E-state index in [0.29, 0.717) is 12.4 Å². The van der Waals surface area contributed by atoms with Crippen molar-refractivity contribution in [3.05, 3.63) is 54.4 Å². The minimum absolute atomic E-state index is 0.0928. The summed E-state index contributed by atoms with van der Waals surface area (Å²) in [5.74, 6) is 0.625. The number of pyridine rings is 1. The molecule has 0 aliphatic rings. The first-order valence-corrected chi connectivity index (χ1v) is 7.04. The van der Waals surface area contributed by atoms with Crippen LogP contribution in [0.5, 0.6) is 5.88 Å². The number of rotatable bonds is 5. The average Bonchev–Trinajstić information content (AvgIpc) is 2.89. The molecule has 0 fully saturated rings. The van der Waals surface area contributed by atoms with Crippen LogP contribution in [0.25, 0.3) is 11.0 Å². The van der Waals surface area contributed by atoms with Gasteiger partial charge in [-0.05, 0) is 32.0 Å². The second-order valence-electron chi connectivity index (χ2n) is 5.13. The highest BCUT2D eigenvalue weighted by atomic mass is 16.5. The van der Waals surface area contributed by atoms with Gasteiger partial charge in [0.15, 0.2) is 0 Å². The van der Waals surface area contributed by atoms with Crippen LogP contribution in [0.15, 0.2) is 53.3 Å². The van der Waals surface area contributed by atoms with E-state index in [1.165, 1.54) is 0 Å². The molecule has 0 radical (unpaired) electrons. The molecule has 21 heavy (non-hydrogen) atoms. The van der Waals surface area contributed by atoms with E-state index in [1.807, 2.05) is 44.2 Å². The third-order valence-corrected chi connectivity index (χ3v) is 3.15. The number of hydrogen-bond donors (Lipinski definition) is 1. The maximum Gasteiger partial charge on any atom is 0.237 e. The van der Waals surface area contributed by atoms with Crippen LogP contribution < -0.4 is 10.1 Å². The van der Waals surface area contributed by atoms with Crippen LogP contribution in [0.4, 0.5) is 5.69 Å². The zero-order chi connectivity index (χ0) is 14.7. The van der Waals surface area contributed by atoms with Crippen LogP contribution in [0.3, 0.4) is 0 Å². The molecule has 0 aliphatic heterocycles. The van der Waals surface area contributed by atoms with E-state index in [-0.39, 0.29) is 6.10 Å². The molecular formula is C17H18N2O2. The van der Waals surface area contributed by atoms with E-state index in [9.17, 15) is 0 Å². The molecule has 3 rings (SSSR count). The summed E-state index contributed by atoms with van der Waals surface area (Å²) < 4.78 is 11.3. The summed E-state index contributed by atoms with van der Waals surface area (Å²) in [7, 11) is 0. The van der Waals surface area contributed by atoms with E-state index < -0.39 is 0 Å². The van der Waals surface area contributed by atoms with Gasteiger partial charge in [-0.1, -0.05) is 18.2 Å². The van der Waals surface area contributed by atoms with Crippen LogP contribution in [-0.2, 0) is 6.54 Å². The van der Waals surface area contributed by atoms with Gasteiger partial charge in [0.05, 0.1) is 18.1 Å². The normalized spacial score (nSPS) is 11.0. The fraction of sp³-hybridized carbons (Fsp3) is 0.235. The minimum atomic E-state index is 0.0928. The number of fused-ring (bicyclic) bond motifs is 1. The van der Waals surface area contributed by atoms with Crippen LogP contribution in [0.2, 0.25) is 0 Å². The Bertz CT molecular complexity index is 734. The second-order valence-corrected chi connectivity index (χ2v) is 5.13. The van der Waals surface area contributed by atoms with Crippen molar-refractivity contribution in [2.75, 3.05) is 5.32 Å². The predicted molar refractivity (Wildman–Crippen MR) is 83.5 cm³/mol. The van der Waals surface area contributed by atoms with Crippen molar-refractivity contribution >= 4 is 16.7 Å². The number of benzene rings is 1. The fourth-order valence-corrected chi connectivity index (χ4v) is 2.20. The Morgan fingerprint density at radius 2 is 2.05 bits per heavy atom. The number of anilines is 1. The molecule has 4 nitrogen and oxygen atoms in total. The predicted octanol–water partition coefficient (Wildman–Crippen LogP) is 4.23. The Hall–Kier alpha value is -2.49. The van der Waals surface area contributed by atoms with Crippen LogP contribution in [-0.4, -0.2) is 11.1 Å². The van der Waals surface area contributed by atoms with Crippen molar-refractivity contribution < 1.29 is 9.15 Å². The van der Waals surface area contributed by atoms with Crippen molar-refractivity contribution in [1.29, 1.82) is 0 Å². The maximum absolute atomic E-state index is 5.71. The Balaban J connectivity index is 1.79. The first-order chi connectivity index (χ1) is 10.2. The van der Waals surface area contributed by atoms with Gasteiger partial charge >= 0.3 is 0 Å². The smallest absolute Gasteiger partial charge is 0.237 e. The highest BCUT2D eigenvalue weighted by Gasteiger charge is 2.09. The van der Waals surface area contributed by atoms with Gasteiger partial charge in [0.1, 0.15) is 5.58 Å². The lowest BCUT2D eigenvalue weighted by Gasteiger charge is -2.13. The molecule has 0 saturated heterocycles. The molecule has 0 amide bonds. The minimum Gasteiger partial charge on any atom is -0.473 e. The molecule has 108 valence electrons. The van der Waals surface area contributed by atoms with Gasteiger partial charge in [0, 0.05) is 23.7 Å². The number of hydrogen-bond acceptors (Lipinski definition) is 4. The molecule has 3 aromatic rings. The molecule has 1 N–H and O–H groups in total. The Morgan fingerprint density at radius 3 is 2.90 bits per heavy atom. The Labute approximate surface area is 123 Å². The first kappa shape index (κ1) is 13.5. The van der Waals surface area contributed by atoms with Gasteiger partial charge in [-0.15, -0.1) is 0 Å². The van der Waals surface area contributed by atoms with Crippen molar-refractivity contribution in [3.63, 3.8) is 0 Å². The maximum atomic E-state index is 5.71. The van der Waals surface area contributed by atoms with Gasteiger partial charge < -0.3 is 14.5 Å². The van der Waals surface area contributed by atoms with E-state index in [1.54, 1.807) is 12.5 Å². The highest BCUT2D eigenvalue weighted by molar-refractivity contribution is 5.81. The molecule has 2 aromatic heterocycles. The molecule has 0 spiro atoms. The van der Waals surface area contributed by atoms with Crippen LogP contribution in [0.1, 0.15) is 19.4 Å². The molecule has 4 heteroatoms. The summed E-state index contributed by atoms with van der Waals surface area (Å²) in [6, 6.07) is 11.9. The third kappa shape index (κ3) is 2.99. The molecular weight excluding hydrogens is 264 g/mol. The van der Waals surface area contributed by atoms with Gasteiger partial charge in [-0.3, -0.25) is 0 Å². The monoisotopic (exact) mass is 282 g/mol. The third-order valence-electron chi connectivity index (χ3n) is 3.15. The van der Waals surface area contributed by atoms with E-state index in [0.717, 1.165) is 22.2 Å². The Kier molecular flexibility index (Phi) is 3.77. The number of aromatic nitrogens is 1. The van der Waals surface area contributed by atoms with E-state index >= 15 is 0 Å². The standard InChI is InChI=1S/C17H18N2O2/c1-12(2)21-17-15(7-5-9-18-17)19-10-13-11-20-16-8-4-3-6-14(13)16/h3-9,11-12,19H,10H2,1-2H3. The number of nitrogens with one attached hydrogen (secondary N) is 1. The van der Waals surface area contributed by atoms with Crippen molar-refractivity contribution in [2.24, 2.45) is 0 Å². The largest absolute Gasteiger partial charge is 0.473 e. The molecule has 2 heterocycles. The second kappa shape index (κ2) is 5.87. The molecule has 0 atom stereocenters. The Morgan fingerprint density at radius 1 is 1.19 bits per heavy atom. The first-order valence-electron chi connectivity index (χ1n) is 7.04. The van der Waals surface area contributed by atoms with E-state index in [4.69, 9.17) is 9.15 Å². The lowest BCUT2D eigenvalue weighted by Crippen LogP contribution is -2.09. The summed E-state index contributed by atoms with van der Waals surface area (Å²) in [6.07, 6.45) is 3.61. The molecule has 0 saturated carbocycles.